The molecular weight excluding hydrogens is 454 g/mol. The minimum atomic E-state index is -0.542. The number of nitrogens with zero attached hydrogens (tertiary/aromatic N) is 1. The van der Waals surface area contributed by atoms with Crippen LogP contribution in [-0.2, 0) is 27.5 Å². The van der Waals surface area contributed by atoms with E-state index in [-0.39, 0.29) is 36.3 Å². The number of anilines is 1. The van der Waals surface area contributed by atoms with Crippen LogP contribution >= 0.6 is 0 Å². The Hall–Kier alpha value is -4.01. The second-order valence-electron chi connectivity index (χ2n) is 9.34. The Morgan fingerprint density at radius 1 is 0.889 bits per heavy atom. The van der Waals surface area contributed by atoms with Crippen molar-refractivity contribution in [2.75, 3.05) is 12.3 Å². The first-order valence-electron chi connectivity index (χ1n) is 11.9. The van der Waals surface area contributed by atoms with Crippen LogP contribution in [0, 0.1) is 17.2 Å². The number of nitrogens with one attached hydrogen (secondary N) is 2. The molecule has 0 spiro atoms. The Bertz CT molecular complexity index is 1260. The van der Waals surface area contributed by atoms with Gasteiger partial charge in [-0.3, -0.25) is 19.9 Å². The van der Waals surface area contributed by atoms with Gasteiger partial charge in [-0.15, -0.1) is 0 Å². The minimum absolute atomic E-state index is 0.0206. The SMILES string of the molecule is N=C(N)c1ccc(C2NC(COCc3ccccc3)C3C(=O)N(Cc4ccc(N)cc4)C(=O)C23)cc1. The summed E-state index contributed by atoms with van der Waals surface area (Å²) in [7, 11) is 0. The Kier molecular flexibility index (Phi) is 6.54. The van der Waals surface area contributed by atoms with Gasteiger partial charge in [0.05, 0.1) is 31.6 Å². The highest BCUT2D eigenvalue weighted by Gasteiger charge is 2.58. The smallest absolute Gasteiger partial charge is 0.235 e. The third-order valence-electron chi connectivity index (χ3n) is 6.99. The van der Waals surface area contributed by atoms with E-state index in [9.17, 15) is 9.59 Å². The predicted octanol–water partition coefficient (Wildman–Crippen LogP) is 2.58. The Balaban J connectivity index is 1.39. The van der Waals surface area contributed by atoms with Crippen LogP contribution in [0.15, 0.2) is 78.9 Å². The highest BCUT2D eigenvalue weighted by Crippen LogP contribution is 2.44. The zero-order chi connectivity index (χ0) is 25.2. The molecule has 3 aromatic carbocycles. The zero-order valence-electron chi connectivity index (χ0n) is 19.8. The number of hydrogen-bond donors (Lipinski definition) is 4. The molecule has 0 aromatic heterocycles. The Labute approximate surface area is 209 Å². The molecule has 2 saturated heterocycles. The summed E-state index contributed by atoms with van der Waals surface area (Å²) >= 11 is 0. The number of amides is 2. The van der Waals surface area contributed by atoms with Crippen LogP contribution in [0.5, 0.6) is 0 Å². The monoisotopic (exact) mass is 483 g/mol. The number of rotatable bonds is 8. The van der Waals surface area contributed by atoms with Crippen molar-refractivity contribution in [3.05, 3.63) is 101 Å². The molecule has 0 saturated carbocycles. The lowest BCUT2D eigenvalue weighted by atomic mass is 9.86. The van der Waals surface area contributed by atoms with Gasteiger partial charge in [-0.2, -0.15) is 0 Å². The maximum absolute atomic E-state index is 13.6. The van der Waals surface area contributed by atoms with Crippen LogP contribution < -0.4 is 16.8 Å². The standard InChI is InChI=1S/C28H29N5O3/c29-21-12-6-17(7-13-21)14-33-27(34)23-22(16-36-15-18-4-2-1-3-5-18)32-25(24(23)28(33)35)19-8-10-20(11-9-19)26(30)31/h1-13,22-25,32H,14-16,29H2,(H3,30,31). The molecule has 3 aromatic rings. The number of likely N-dealkylation sites (tertiary alicyclic amines) is 1. The number of benzene rings is 3. The first-order chi connectivity index (χ1) is 17.4. The summed E-state index contributed by atoms with van der Waals surface area (Å²) in [5.74, 6) is -1.47. The molecule has 2 heterocycles. The second kappa shape index (κ2) is 9.93. The molecule has 2 aliphatic rings. The topological polar surface area (TPSA) is 135 Å². The molecule has 2 amide bonds. The first kappa shape index (κ1) is 23.7. The maximum Gasteiger partial charge on any atom is 0.235 e. The van der Waals surface area contributed by atoms with Crippen molar-refractivity contribution in [3.63, 3.8) is 0 Å². The number of nitrogens with two attached hydrogens (primary N) is 2. The fourth-order valence-electron chi connectivity index (χ4n) is 5.15. The zero-order valence-corrected chi connectivity index (χ0v) is 19.8. The second-order valence-corrected chi connectivity index (χ2v) is 9.34. The molecule has 0 aliphatic carbocycles. The van der Waals surface area contributed by atoms with Crippen LogP contribution in [0.2, 0.25) is 0 Å². The minimum Gasteiger partial charge on any atom is -0.399 e. The van der Waals surface area contributed by atoms with E-state index < -0.39 is 11.8 Å². The van der Waals surface area contributed by atoms with Crippen LogP contribution in [0.1, 0.15) is 28.3 Å². The largest absolute Gasteiger partial charge is 0.399 e. The number of nitrogen functional groups attached to an aromatic ring is 2. The van der Waals surface area contributed by atoms with Gasteiger partial charge < -0.3 is 21.5 Å². The van der Waals surface area contributed by atoms with E-state index in [1.54, 1.807) is 24.3 Å². The number of carbonyl (C=O) groups is 2. The number of fused-ring (bicyclic) bond motifs is 1. The van der Waals surface area contributed by atoms with E-state index in [0.717, 1.165) is 16.7 Å². The van der Waals surface area contributed by atoms with Crippen molar-refractivity contribution in [2.24, 2.45) is 17.6 Å². The van der Waals surface area contributed by atoms with Crippen LogP contribution in [0.4, 0.5) is 5.69 Å². The number of amidine groups is 1. The van der Waals surface area contributed by atoms with E-state index in [1.165, 1.54) is 4.90 Å². The molecule has 4 atom stereocenters. The number of imide groups is 1. The summed E-state index contributed by atoms with van der Waals surface area (Å²) in [5, 5.41) is 11.2. The van der Waals surface area contributed by atoms with E-state index in [4.69, 9.17) is 21.6 Å². The molecule has 0 bridgehead atoms. The predicted molar refractivity (Wildman–Crippen MR) is 137 cm³/mol. The van der Waals surface area contributed by atoms with Gasteiger partial charge in [0.2, 0.25) is 11.8 Å². The van der Waals surface area contributed by atoms with Gasteiger partial charge in [-0.05, 0) is 28.8 Å². The molecule has 8 heteroatoms. The Morgan fingerprint density at radius 2 is 1.56 bits per heavy atom. The van der Waals surface area contributed by atoms with Crippen molar-refractivity contribution in [2.45, 2.75) is 25.2 Å². The lowest BCUT2D eigenvalue weighted by Crippen LogP contribution is -2.41. The van der Waals surface area contributed by atoms with Crippen LogP contribution in [0.3, 0.4) is 0 Å². The lowest BCUT2D eigenvalue weighted by Gasteiger charge is -2.23. The summed E-state index contributed by atoms with van der Waals surface area (Å²) in [6.07, 6.45) is 0. The summed E-state index contributed by atoms with van der Waals surface area (Å²) in [4.78, 5) is 28.6. The molecule has 4 unspecified atom stereocenters. The summed E-state index contributed by atoms with van der Waals surface area (Å²) < 4.78 is 5.99. The molecule has 8 nitrogen and oxygen atoms in total. The van der Waals surface area contributed by atoms with E-state index in [1.807, 2.05) is 54.6 Å². The highest BCUT2D eigenvalue weighted by molar-refractivity contribution is 6.06. The van der Waals surface area contributed by atoms with Crippen molar-refractivity contribution >= 4 is 23.3 Å². The van der Waals surface area contributed by atoms with Gasteiger partial charge in [-0.25, -0.2) is 0 Å². The van der Waals surface area contributed by atoms with Crippen molar-refractivity contribution in [1.29, 1.82) is 5.41 Å². The van der Waals surface area contributed by atoms with Crippen molar-refractivity contribution < 1.29 is 14.3 Å². The normalized spacial score (nSPS) is 23.2. The fraction of sp³-hybridized carbons (Fsp3) is 0.250. The molecule has 2 aliphatic heterocycles. The van der Waals surface area contributed by atoms with Crippen LogP contribution in [-0.4, -0.2) is 35.2 Å². The summed E-state index contributed by atoms with van der Waals surface area (Å²) in [6.45, 7) is 0.928. The summed E-state index contributed by atoms with van der Waals surface area (Å²) in [6, 6.07) is 23.6. The molecule has 2 fully saturated rings. The van der Waals surface area contributed by atoms with Gasteiger partial charge in [0.15, 0.2) is 0 Å². The quantitative estimate of drug-likeness (QED) is 0.168. The van der Waals surface area contributed by atoms with Gasteiger partial charge in [-0.1, -0.05) is 66.7 Å². The molecule has 36 heavy (non-hydrogen) atoms. The van der Waals surface area contributed by atoms with Crippen LogP contribution in [0.25, 0.3) is 0 Å². The van der Waals surface area contributed by atoms with Crippen molar-refractivity contribution in [3.8, 4) is 0 Å². The Morgan fingerprint density at radius 3 is 2.22 bits per heavy atom. The van der Waals surface area contributed by atoms with Crippen molar-refractivity contribution in [1.82, 2.24) is 10.2 Å². The third-order valence-corrected chi connectivity index (χ3v) is 6.99. The number of ether oxygens (including phenoxy) is 1. The van der Waals surface area contributed by atoms with Gasteiger partial charge in [0, 0.05) is 23.3 Å². The van der Waals surface area contributed by atoms with E-state index in [2.05, 4.69) is 5.32 Å². The molecule has 184 valence electrons. The first-order valence-corrected chi connectivity index (χ1v) is 11.9. The molecule has 6 N–H and O–H groups in total. The fourth-order valence-corrected chi connectivity index (χ4v) is 5.15. The molecule has 5 rings (SSSR count). The van der Waals surface area contributed by atoms with Gasteiger partial charge in [0.25, 0.3) is 0 Å². The van der Waals surface area contributed by atoms with Gasteiger partial charge in [0.1, 0.15) is 5.84 Å². The van der Waals surface area contributed by atoms with E-state index >= 15 is 0 Å². The molecule has 0 radical (unpaired) electrons. The molecular formula is C28H29N5O3. The number of carbonyl (C=O) groups excluding carboxylic acids is 2. The van der Waals surface area contributed by atoms with E-state index in [0.29, 0.717) is 24.5 Å². The number of hydrogen-bond acceptors (Lipinski definition) is 6. The maximum atomic E-state index is 13.6. The average Bonchev–Trinajstić information content (AvgIpc) is 3.38. The van der Waals surface area contributed by atoms with Gasteiger partial charge >= 0.3 is 0 Å². The highest BCUT2D eigenvalue weighted by atomic mass is 16.5. The average molecular weight is 484 g/mol. The lowest BCUT2D eigenvalue weighted by molar-refractivity contribution is -0.141. The summed E-state index contributed by atoms with van der Waals surface area (Å²) in [5.41, 5.74) is 15.4. The third kappa shape index (κ3) is 4.60.